The van der Waals surface area contributed by atoms with Crippen LogP contribution in [0.15, 0.2) is 12.1 Å². The van der Waals surface area contributed by atoms with Crippen molar-refractivity contribution < 1.29 is 18.3 Å². The molecule has 0 saturated heterocycles. The predicted molar refractivity (Wildman–Crippen MR) is 54.2 cm³/mol. The van der Waals surface area contributed by atoms with Gasteiger partial charge in [0.05, 0.1) is 10.6 Å². The van der Waals surface area contributed by atoms with Crippen LogP contribution in [-0.4, -0.2) is 5.11 Å². The van der Waals surface area contributed by atoms with Crippen LogP contribution in [0.2, 0.25) is 5.02 Å². The standard InChI is InChI=1S/C8H6ClF3O.C2H6/c1-4-6(13)3-2-5(9)7(4)8(10,11)12;1-2/h2-3,13H,1H3;1-2H3. The van der Waals surface area contributed by atoms with Crippen LogP contribution in [0.4, 0.5) is 13.2 Å². The van der Waals surface area contributed by atoms with Crippen LogP contribution in [0.3, 0.4) is 0 Å². The molecule has 0 atom stereocenters. The lowest BCUT2D eigenvalue weighted by atomic mass is 10.1. The van der Waals surface area contributed by atoms with Gasteiger partial charge < -0.3 is 5.11 Å². The lowest BCUT2D eigenvalue weighted by molar-refractivity contribution is -0.138. The summed E-state index contributed by atoms with van der Waals surface area (Å²) in [4.78, 5) is 0. The Kier molecular flexibility index (Phi) is 4.94. The van der Waals surface area contributed by atoms with Gasteiger partial charge in [-0.15, -0.1) is 0 Å². The van der Waals surface area contributed by atoms with Gasteiger partial charge in [0.15, 0.2) is 0 Å². The van der Waals surface area contributed by atoms with Crippen LogP contribution in [0.25, 0.3) is 0 Å². The fourth-order valence-electron chi connectivity index (χ4n) is 1.02. The molecule has 0 bridgehead atoms. The summed E-state index contributed by atoms with van der Waals surface area (Å²) in [5, 5.41) is 8.63. The Morgan fingerprint density at radius 1 is 1.20 bits per heavy atom. The van der Waals surface area contributed by atoms with Gasteiger partial charge in [0.2, 0.25) is 0 Å². The second-order valence-corrected chi connectivity index (χ2v) is 2.97. The van der Waals surface area contributed by atoms with Crippen molar-refractivity contribution in [2.75, 3.05) is 0 Å². The predicted octanol–water partition coefficient (Wildman–Crippen LogP) is 4.40. The maximum absolute atomic E-state index is 12.3. The lowest BCUT2D eigenvalue weighted by Gasteiger charge is -2.12. The zero-order valence-corrected chi connectivity index (χ0v) is 9.37. The molecule has 5 heteroatoms. The lowest BCUT2D eigenvalue weighted by Crippen LogP contribution is -2.08. The van der Waals surface area contributed by atoms with Crippen LogP contribution >= 0.6 is 11.6 Å². The summed E-state index contributed by atoms with van der Waals surface area (Å²) in [5.74, 6) is -0.406. The van der Waals surface area contributed by atoms with Crippen LogP contribution in [-0.2, 0) is 6.18 Å². The Hall–Kier alpha value is -0.900. The molecule has 1 nitrogen and oxygen atoms in total. The molecule has 0 aliphatic carbocycles. The Bertz CT molecular complexity index is 334. The molecule has 1 N–H and O–H groups in total. The van der Waals surface area contributed by atoms with E-state index in [-0.39, 0.29) is 5.56 Å². The summed E-state index contributed by atoms with van der Waals surface area (Å²) in [6.45, 7) is 5.17. The van der Waals surface area contributed by atoms with Crippen molar-refractivity contribution in [3.8, 4) is 5.75 Å². The highest BCUT2D eigenvalue weighted by atomic mass is 35.5. The summed E-state index contributed by atoms with van der Waals surface area (Å²) in [5.41, 5.74) is -1.23. The Morgan fingerprint density at radius 2 is 1.67 bits per heavy atom. The molecule has 0 amide bonds. The highest BCUT2D eigenvalue weighted by Gasteiger charge is 2.35. The molecule has 0 spiro atoms. The van der Waals surface area contributed by atoms with Crippen LogP contribution in [0.1, 0.15) is 25.0 Å². The van der Waals surface area contributed by atoms with E-state index in [0.29, 0.717) is 0 Å². The zero-order valence-electron chi connectivity index (χ0n) is 8.61. The minimum atomic E-state index is -4.53. The topological polar surface area (TPSA) is 20.2 Å². The van der Waals surface area contributed by atoms with Crippen molar-refractivity contribution in [2.45, 2.75) is 26.9 Å². The highest BCUT2D eigenvalue weighted by Crippen LogP contribution is 2.39. The van der Waals surface area contributed by atoms with Crippen molar-refractivity contribution in [1.29, 1.82) is 0 Å². The summed E-state index contributed by atoms with van der Waals surface area (Å²) >= 11 is 5.36. The SMILES string of the molecule is CC.Cc1c(O)ccc(Cl)c1C(F)(F)F. The van der Waals surface area contributed by atoms with Gasteiger partial charge in [0.25, 0.3) is 0 Å². The normalized spacial score (nSPS) is 10.6. The molecule has 0 aliphatic heterocycles. The van der Waals surface area contributed by atoms with Gasteiger partial charge >= 0.3 is 6.18 Å². The number of halogens is 4. The van der Waals surface area contributed by atoms with Gasteiger partial charge in [-0.3, -0.25) is 0 Å². The second kappa shape index (κ2) is 5.26. The molecule has 0 heterocycles. The van der Waals surface area contributed by atoms with Crippen LogP contribution in [0, 0.1) is 6.92 Å². The first-order valence-electron chi connectivity index (χ1n) is 4.39. The van der Waals surface area contributed by atoms with E-state index in [9.17, 15) is 13.2 Å². The quantitative estimate of drug-likeness (QED) is 0.713. The number of hydrogen-bond donors (Lipinski definition) is 1. The van der Waals surface area contributed by atoms with E-state index in [4.69, 9.17) is 16.7 Å². The highest BCUT2D eigenvalue weighted by molar-refractivity contribution is 6.31. The van der Waals surface area contributed by atoms with Gasteiger partial charge in [0.1, 0.15) is 5.75 Å². The molecule has 0 aliphatic rings. The van der Waals surface area contributed by atoms with Gasteiger partial charge in [-0.1, -0.05) is 25.4 Å². The van der Waals surface area contributed by atoms with Crippen molar-refractivity contribution in [3.05, 3.63) is 28.3 Å². The third-order valence-electron chi connectivity index (χ3n) is 1.67. The average molecular weight is 241 g/mol. The summed E-state index contributed by atoms with van der Waals surface area (Å²) in [6, 6.07) is 2.15. The fraction of sp³-hybridized carbons (Fsp3) is 0.400. The Morgan fingerprint density at radius 3 is 2.00 bits per heavy atom. The van der Waals surface area contributed by atoms with Crippen molar-refractivity contribution >= 4 is 11.6 Å². The van der Waals surface area contributed by atoms with Crippen molar-refractivity contribution in [1.82, 2.24) is 0 Å². The minimum Gasteiger partial charge on any atom is -0.508 e. The summed E-state index contributed by atoms with van der Waals surface area (Å²) in [7, 11) is 0. The molecular formula is C10H12ClF3O. The summed E-state index contributed by atoms with van der Waals surface area (Å²) in [6.07, 6.45) is -4.53. The van der Waals surface area contributed by atoms with Crippen molar-refractivity contribution in [3.63, 3.8) is 0 Å². The number of phenols is 1. The Labute approximate surface area is 91.5 Å². The zero-order chi connectivity index (χ0) is 12.2. The van der Waals surface area contributed by atoms with E-state index in [1.807, 2.05) is 13.8 Å². The molecule has 86 valence electrons. The van der Waals surface area contributed by atoms with Gasteiger partial charge in [-0.05, 0) is 19.1 Å². The third-order valence-corrected chi connectivity index (χ3v) is 1.98. The van der Waals surface area contributed by atoms with Gasteiger partial charge in [-0.2, -0.15) is 13.2 Å². The van der Waals surface area contributed by atoms with Gasteiger partial charge in [0, 0.05) is 5.56 Å². The van der Waals surface area contributed by atoms with E-state index in [2.05, 4.69) is 0 Å². The monoisotopic (exact) mass is 240 g/mol. The number of aromatic hydroxyl groups is 1. The van der Waals surface area contributed by atoms with Crippen LogP contribution < -0.4 is 0 Å². The summed E-state index contributed by atoms with van der Waals surface area (Å²) < 4.78 is 36.9. The minimum absolute atomic E-state index is 0.250. The van der Waals surface area contributed by atoms with Crippen molar-refractivity contribution in [2.24, 2.45) is 0 Å². The molecule has 0 unspecified atom stereocenters. The molecule has 0 fully saturated rings. The Balaban J connectivity index is 0.000000921. The largest absolute Gasteiger partial charge is 0.508 e. The number of benzene rings is 1. The van der Waals surface area contributed by atoms with E-state index in [1.165, 1.54) is 6.92 Å². The number of alkyl halides is 3. The second-order valence-electron chi connectivity index (χ2n) is 2.56. The first-order chi connectivity index (χ1) is 6.84. The fourth-order valence-corrected chi connectivity index (χ4v) is 1.33. The smallest absolute Gasteiger partial charge is 0.418 e. The first-order valence-corrected chi connectivity index (χ1v) is 4.77. The average Bonchev–Trinajstić information content (AvgIpc) is 2.13. The van der Waals surface area contributed by atoms with E-state index >= 15 is 0 Å². The van der Waals surface area contributed by atoms with E-state index in [1.54, 1.807) is 0 Å². The first kappa shape index (κ1) is 14.1. The maximum Gasteiger partial charge on any atom is 0.418 e. The maximum atomic E-state index is 12.3. The number of rotatable bonds is 0. The van der Waals surface area contributed by atoms with E-state index in [0.717, 1.165) is 12.1 Å². The van der Waals surface area contributed by atoms with E-state index < -0.39 is 22.5 Å². The molecule has 15 heavy (non-hydrogen) atoms. The third kappa shape index (κ3) is 3.30. The van der Waals surface area contributed by atoms with Crippen LogP contribution in [0.5, 0.6) is 5.75 Å². The van der Waals surface area contributed by atoms with Gasteiger partial charge in [-0.25, -0.2) is 0 Å². The molecule has 1 aromatic rings. The molecule has 0 radical (unpaired) electrons. The molecule has 1 aromatic carbocycles. The molecular weight excluding hydrogens is 229 g/mol. The molecule has 0 aromatic heterocycles. The molecule has 0 saturated carbocycles. The number of phenolic OH excluding ortho intramolecular Hbond substituents is 1. The molecule has 1 rings (SSSR count). The number of hydrogen-bond acceptors (Lipinski definition) is 1.